The van der Waals surface area contributed by atoms with Crippen LogP contribution in [0.15, 0.2) is 24.3 Å². The summed E-state index contributed by atoms with van der Waals surface area (Å²) >= 11 is 0. The Balaban J connectivity index is 1.75. The lowest BCUT2D eigenvalue weighted by Crippen LogP contribution is -2.39. The van der Waals surface area contributed by atoms with E-state index >= 15 is 0 Å². The fourth-order valence-electron chi connectivity index (χ4n) is 2.47. The van der Waals surface area contributed by atoms with Crippen molar-refractivity contribution >= 4 is 22.5 Å². The van der Waals surface area contributed by atoms with Crippen molar-refractivity contribution in [2.24, 2.45) is 0 Å². The highest BCUT2D eigenvalue weighted by atomic mass is 16.2. The van der Waals surface area contributed by atoms with Crippen LogP contribution in [-0.2, 0) is 4.79 Å². The average molecular weight is 258 g/mol. The predicted octanol–water partition coefficient (Wildman–Crippen LogP) is 1.67. The van der Waals surface area contributed by atoms with Crippen molar-refractivity contribution in [2.45, 2.75) is 32.4 Å². The summed E-state index contributed by atoms with van der Waals surface area (Å²) in [4.78, 5) is 15.3. The first-order valence-corrected chi connectivity index (χ1v) is 6.53. The fraction of sp³-hybridized carbons (Fsp3) is 0.357. The first-order chi connectivity index (χ1) is 9.11. The molecule has 3 rings (SSSR count). The Bertz CT molecular complexity index is 619. The molecule has 2 heterocycles. The molecule has 5 heteroatoms. The quantitative estimate of drug-likeness (QED) is 0.662. The van der Waals surface area contributed by atoms with Crippen LogP contribution in [0.1, 0.15) is 19.0 Å². The number of rotatable bonds is 2. The van der Waals surface area contributed by atoms with Crippen LogP contribution in [0.25, 0.3) is 10.9 Å². The van der Waals surface area contributed by atoms with E-state index in [9.17, 15) is 4.79 Å². The maximum Gasteiger partial charge on any atom is 0.242 e. The van der Waals surface area contributed by atoms with Crippen LogP contribution in [0.3, 0.4) is 0 Å². The predicted molar refractivity (Wildman–Crippen MR) is 75.8 cm³/mol. The van der Waals surface area contributed by atoms with Gasteiger partial charge in [0, 0.05) is 28.3 Å². The van der Waals surface area contributed by atoms with Gasteiger partial charge in [-0.05, 0) is 44.5 Å². The second-order valence-electron chi connectivity index (χ2n) is 5.22. The van der Waals surface area contributed by atoms with Crippen molar-refractivity contribution in [2.75, 3.05) is 5.32 Å². The minimum absolute atomic E-state index is 0.00320. The molecule has 0 aliphatic carbocycles. The van der Waals surface area contributed by atoms with Crippen LogP contribution < -0.4 is 16.2 Å². The molecule has 19 heavy (non-hydrogen) atoms. The van der Waals surface area contributed by atoms with Crippen LogP contribution in [0.2, 0.25) is 0 Å². The van der Waals surface area contributed by atoms with E-state index in [1.165, 1.54) is 0 Å². The molecule has 2 aromatic rings. The molecule has 100 valence electrons. The third-order valence-electron chi connectivity index (χ3n) is 3.43. The summed E-state index contributed by atoms with van der Waals surface area (Å²) < 4.78 is 0. The number of aromatic nitrogens is 1. The van der Waals surface area contributed by atoms with Gasteiger partial charge in [-0.1, -0.05) is 0 Å². The van der Waals surface area contributed by atoms with Gasteiger partial charge in [-0.2, -0.15) is 0 Å². The second-order valence-corrected chi connectivity index (χ2v) is 5.22. The average Bonchev–Trinajstić information content (AvgIpc) is 2.93. The van der Waals surface area contributed by atoms with E-state index in [1.807, 2.05) is 25.1 Å². The molecule has 0 saturated carbocycles. The number of fused-ring (bicyclic) bond motifs is 1. The molecular formula is C14H18N4O. The van der Waals surface area contributed by atoms with E-state index < -0.39 is 0 Å². The van der Waals surface area contributed by atoms with Gasteiger partial charge in [-0.25, -0.2) is 5.43 Å². The zero-order valence-corrected chi connectivity index (χ0v) is 11.1. The Morgan fingerprint density at radius 2 is 2.16 bits per heavy atom. The molecular weight excluding hydrogens is 240 g/mol. The number of nitrogens with one attached hydrogen (secondary N) is 4. The van der Waals surface area contributed by atoms with Crippen molar-refractivity contribution in [3.05, 3.63) is 30.0 Å². The van der Waals surface area contributed by atoms with Crippen LogP contribution in [0, 0.1) is 6.92 Å². The maximum absolute atomic E-state index is 12.1. The lowest BCUT2D eigenvalue weighted by molar-refractivity contribution is -0.117. The van der Waals surface area contributed by atoms with Crippen molar-refractivity contribution in [3.8, 4) is 0 Å². The number of benzene rings is 1. The van der Waals surface area contributed by atoms with Gasteiger partial charge in [-0.3, -0.25) is 10.2 Å². The highest BCUT2D eigenvalue weighted by molar-refractivity contribution is 5.97. The summed E-state index contributed by atoms with van der Waals surface area (Å²) in [5, 5.41) is 4.06. The summed E-state index contributed by atoms with van der Waals surface area (Å²) in [6.45, 7) is 4.07. The molecule has 0 bridgehead atoms. The second kappa shape index (κ2) is 4.68. The normalized spacial score (nSPS) is 22.8. The summed E-state index contributed by atoms with van der Waals surface area (Å²) in [6.07, 6.45) is 0.803. The molecule has 1 amide bonds. The standard InChI is InChI=1S/C14H18N4O/c1-8-5-10-7-11(3-4-12(10)15-8)16-14(19)13-6-9(2)17-18-13/h3-5,7,9,13,15,17-18H,6H2,1-2H3,(H,16,19). The minimum Gasteiger partial charge on any atom is -0.359 e. The molecule has 1 aliphatic heterocycles. The number of hydrogen-bond donors (Lipinski definition) is 4. The monoisotopic (exact) mass is 258 g/mol. The Kier molecular flexibility index (Phi) is 3.00. The topological polar surface area (TPSA) is 69.0 Å². The van der Waals surface area contributed by atoms with Crippen LogP contribution >= 0.6 is 0 Å². The Morgan fingerprint density at radius 1 is 1.32 bits per heavy atom. The number of aromatic amines is 1. The van der Waals surface area contributed by atoms with E-state index in [2.05, 4.69) is 34.1 Å². The molecule has 1 saturated heterocycles. The molecule has 5 nitrogen and oxygen atoms in total. The summed E-state index contributed by atoms with van der Waals surface area (Å²) in [7, 11) is 0. The largest absolute Gasteiger partial charge is 0.359 e. The van der Waals surface area contributed by atoms with Gasteiger partial charge in [0.1, 0.15) is 6.04 Å². The Morgan fingerprint density at radius 3 is 2.89 bits per heavy atom. The van der Waals surface area contributed by atoms with E-state index in [-0.39, 0.29) is 11.9 Å². The number of carbonyl (C=O) groups is 1. The van der Waals surface area contributed by atoms with E-state index in [4.69, 9.17) is 0 Å². The van der Waals surface area contributed by atoms with Crippen molar-refractivity contribution in [1.82, 2.24) is 15.8 Å². The molecule has 2 atom stereocenters. The molecule has 0 radical (unpaired) electrons. The molecule has 4 N–H and O–H groups in total. The number of amides is 1. The van der Waals surface area contributed by atoms with Gasteiger partial charge < -0.3 is 10.3 Å². The van der Waals surface area contributed by atoms with Crippen molar-refractivity contribution in [3.63, 3.8) is 0 Å². The summed E-state index contributed by atoms with van der Waals surface area (Å²) in [5.74, 6) is 0.00320. The van der Waals surface area contributed by atoms with Crippen molar-refractivity contribution < 1.29 is 4.79 Å². The van der Waals surface area contributed by atoms with E-state index in [1.54, 1.807) is 0 Å². The maximum atomic E-state index is 12.1. The van der Waals surface area contributed by atoms with Gasteiger partial charge in [0.15, 0.2) is 0 Å². The molecule has 1 fully saturated rings. The zero-order chi connectivity index (χ0) is 13.4. The zero-order valence-electron chi connectivity index (χ0n) is 11.1. The first-order valence-electron chi connectivity index (χ1n) is 6.53. The lowest BCUT2D eigenvalue weighted by atomic mass is 10.1. The number of hydrogen-bond acceptors (Lipinski definition) is 3. The third kappa shape index (κ3) is 2.47. The first kappa shape index (κ1) is 12.2. The summed E-state index contributed by atoms with van der Waals surface area (Å²) in [6, 6.07) is 8.12. The van der Waals surface area contributed by atoms with Crippen LogP contribution in [-0.4, -0.2) is 23.0 Å². The lowest BCUT2D eigenvalue weighted by Gasteiger charge is -2.10. The number of carbonyl (C=O) groups excluding carboxylic acids is 1. The van der Waals surface area contributed by atoms with Crippen molar-refractivity contribution in [1.29, 1.82) is 0 Å². The highest BCUT2D eigenvalue weighted by Crippen LogP contribution is 2.20. The fourth-order valence-corrected chi connectivity index (χ4v) is 2.47. The molecule has 1 aliphatic rings. The minimum atomic E-state index is -0.168. The van der Waals surface area contributed by atoms with Gasteiger partial charge in [-0.15, -0.1) is 0 Å². The Hall–Kier alpha value is -1.85. The highest BCUT2D eigenvalue weighted by Gasteiger charge is 2.26. The number of hydrazine groups is 1. The molecule has 0 spiro atoms. The smallest absolute Gasteiger partial charge is 0.242 e. The van der Waals surface area contributed by atoms with E-state index in [0.717, 1.165) is 28.7 Å². The van der Waals surface area contributed by atoms with E-state index in [0.29, 0.717) is 6.04 Å². The van der Waals surface area contributed by atoms with Gasteiger partial charge in [0.2, 0.25) is 5.91 Å². The molecule has 2 unspecified atom stereocenters. The Labute approximate surface area is 111 Å². The van der Waals surface area contributed by atoms with Crippen LogP contribution in [0.5, 0.6) is 0 Å². The molecule has 1 aromatic heterocycles. The molecule has 1 aromatic carbocycles. The van der Waals surface area contributed by atoms with Crippen LogP contribution in [0.4, 0.5) is 5.69 Å². The van der Waals surface area contributed by atoms with Gasteiger partial charge in [0.25, 0.3) is 0 Å². The summed E-state index contributed by atoms with van der Waals surface area (Å²) in [5.41, 5.74) is 9.09. The van der Waals surface area contributed by atoms with Gasteiger partial charge >= 0.3 is 0 Å². The number of aryl methyl sites for hydroxylation is 1. The third-order valence-corrected chi connectivity index (χ3v) is 3.43. The van der Waals surface area contributed by atoms with Gasteiger partial charge in [0.05, 0.1) is 0 Å². The SMILES string of the molecule is Cc1cc2cc(NC(=O)C3CC(C)NN3)ccc2[nH]1. The number of anilines is 1. The number of H-pyrrole nitrogens is 1.